The number of Topliss-reactive ketones (excluding diaryl/α,β-unsaturated/α-hetero) is 1. The number of carbonyl (C=O) groups is 1. The molecule has 29 heavy (non-hydrogen) atoms. The molecule has 0 atom stereocenters. The van der Waals surface area contributed by atoms with E-state index in [1.807, 2.05) is 60.7 Å². The molecule has 4 N–H and O–H groups in total. The molecule has 1 aliphatic carbocycles. The Kier molecular flexibility index (Phi) is 5.14. The molecule has 7 heteroatoms. The second kappa shape index (κ2) is 7.89. The molecule has 0 saturated heterocycles. The van der Waals surface area contributed by atoms with Crippen molar-refractivity contribution in [2.24, 2.45) is 0 Å². The van der Waals surface area contributed by atoms with E-state index in [4.69, 9.17) is 5.73 Å². The molecule has 1 heterocycles. The number of nitrogens with one attached hydrogen (secondary N) is 2. The van der Waals surface area contributed by atoms with Gasteiger partial charge in [-0.2, -0.15) is 0 Å². The number of hydrogen-bond acceptors (Lipinski definition) is 5. The maximum atomic E-state index is 12.9. The number of hydrogen-bond donors (Lipinski definition) is 3. The van der Waals surface area contributed by atoms with Gasteiger partial charge in [0, 0.05) is 6.04 Å². The predicted octanol–water partition coefficient (Wildman–Crippen LogP) is 2.02. The molecule has 0 unspecified atom stereocenters. The fourth-order valence-electron chi connectivity index (χ4n) is 3.53. The average Bonchev–Trinajstić information content (AvgIpc) is 3.54. The molecule has 1 saturated carbocycles. The molecule has 0 amide bonds. The standard InChI is InChI=1S/C22H22N4O3/c23-20-18(21(28)25-22(29)26(20)16-11-12-16)17(27)13-24-19(14-7-3-1-4-8-14)15-9-5-2-6-10-15/h1-10,16,19,24H,11-13,23H2,(H,25,28,29). The lowest BCUT2D eigenvalue weighted by molar-refractivity contribution is 0.0987. The lowest BCUT2D eigenvalue weighted by Crippen LogP contribution is -2.38. The summed E-state index contributed by atoms with van der Waals surface area (Å²) in [6, 6.07) is 19.2. The third-order valence-electron chi connectivity index (χ3n) is 5.11. The van der Waals surface area contributed by atoms with Crippen molar-refractivity contribution in [2.45, 2.75) is 24.9 Å². The smallest absolute Gasteiger partial charge is 0.330 e. The summed E-state index contributed by atoms with van der Waals surface area (Å²) in [4.78, 5) is 39.4. The number of nitrogens with two attached hydrogens (primary N) is 1. The summed E-state index contributed by atoms with van der Waals surface area (Å²) >= 11 is 0. The van der Waals surface area contributed by atoms with Crippen molar-refractivity contribution >= 4 is 11.6 Å². The number of anilines is 1. The SMILES string of the molecule is Nc1c(C(=O)CNC(c2ccccc2)c2ccccc2)c(=O)[nH]c(=O)n1C1CC1. The van der Waals surface area contributed by atoms with E-state index >= 15 is 0 Å². The Morgan fingerprint density at radius 3 is 2.10 bits per heavy atom. The van der Waals surface area contributed by atoms with Gasteiger partial charge in [0.2, 0.25) is 0 Å². The first-order valence-corrected chi connectivity index (χ1v) is 9.57. The zero-order valence-corrected chi connectivity index (χ0v) is 15.8. The minimum absolute atomic E-state index is 0.0414. The Morgan fingerprint density at radius 2 is 1.59 bits per heavy atom. The Bertz CT molecular complexity index is 1090. The van der Waals surface area contributed by atoms with Crippen molar-refractivity contribution in [3.8, 4) is 0 Å². The van der Waals surface area contributed by atoms with Gasteiger partial charge in [-0.1, -0.05) is 60.7 Å². The van der Waals surface area contributed by atoms with Crippen LogP contribution in [0.2, 0.25) is 0 Å². The molecule has 1 aromatic heterocycles. The van der Waals surface area contributed by atoms with E-state index < -0.39 is 17.0 Å². The highest BCUT2D eigenvalue weighted by molar-refractivity contribution is 6.01. The molecule has 2 aromatic carbocycles. The third-order valence-corrected chi connectivity index (χ3v) is 5.11. The van der Waals surface area contributed by atoms with E-state index in [2.05, 4.69) is 10.3 Å². The molecule has 0 spiro atoms. The topological polar surface area (TPSA) is 110 Å². The highest BCUT2D eigenvalue weighted by Crippen LogP contribution is 2.35. The Labute approximate surface area is 167 Å². The number of nitrogens with zero attached hydrogens (tertiary/aromatic N) is 1. The number of H-pyrrole nitrogens is 1. The van der Waals surface area contributed by atoms with Crippen LogP contribution in [-0.2, 0) is 0 Å². The van der Waals surface area contributed by atoms with Crippen LogP contribution in [0.3, 0.4) is 0 Å². The van der Waals surface area contributed by atoms with Gasteiger partial charge in [0.25, 0.3) is 5.56 Å². The van der Waals surface area contributed by atoms with Crippen LogP contribution in [0.25, 0.3) is 0 Å². The molecular formula is C22H22N4O3. The first kappa shape index (κ1) is 18.9. The third kappa shape index (κ3) is 3.90. The van der Waals surface area contributed by atoms with Crippen LogP contribution in [0.1, 0.15) is 46.4 Å². The van der Waals surface area contributed by atoms with Gasteiger partial charge in [0.15, 0.2) is 5.78 Å². The quantitative estimate of drug-likeness (QED) is 0.535. The number of aromatic nitrogens is 2. The number of benzene rings is 2. The van der Waals surface area contributed by atoms with Gasteiger partial charge in [-0.15, -0.1) is 0 Å². The van der Waals surface area contributed by atoms with Crippen LogP contribution < -0.4 is 22.3 Å². The molecule has 1 fully saturated rings. The first-order valence-electron chi connectivity index (χ1n) is 9.57. The molecule has 7 nitrogen and oxygen atoms in total. The van der Waals surface area contributed by atoms with E-state index in [1.54, 1.807) is 0 Å². The fraction of sp³-hybridized carbons (Fsp3) is 0.227. The van der Waals surface area contributed by atoms with E-state index in [1.165, 1.54) is 4.57 Å². The fourth-order valence-corrected chi connectivity index (χ4v) is 3.53. The molecule has 0 bridgehead atoms. The Balaban J connectivity index is 1.62. The summed E-state index contributed by atoms with van der Waals surface area (Å²) in [7, 11) is 0. The van der Waals surface area contributed by atoms with Crippen molar-refractivity contribution in [1.82, 2.24) is 14.9 Å². The van der Waals surface area contributed by atoms with Crippen molar-refractivity contribution in [1.29, 1.82) is 0 Å². The highest BCUT2D eigenvalue weighted by Gasteiger charge is 2.30. The van der Waals surface area contributed by atoms with E-state index in [9.17, 15) is 14.4 Å². The zero-order valence-electron chi connectivity index (χ0n) is 15.8. The van der Waals surface area contributed by atoms with Gasteiger partial charge >= 0.3 is 5.69 Å². The number of ketones is 1. The van der Waals surface area contributed by atoms with Gasteiger partial charge in [-0.3, -0.25) is 24.5 Å². The largest absolute Gasteiger partial charge is 0.384 e. The summed E-state index contributed by atoms with van der Waals surface area (Å²) in [5.41, 5.74) is 6.57. The van der Waals surface area contributed by atoms with Crippen LogP contribution >= 0.6 is 0 Å². The maximum absolute atomic E-state index is 12.9. The van der Waals surface area contributed by atoms with E-state index in [-0.39, 0.29) is 30.0 Å². The minimum atomic E-state index is -0.743. The summed E-state index contributed by atoms with van der Waals surface area (Å²) in [5, 5.41) is 3.24. The van der Waals surface area contributed by atoms with Gasteiger partial charge in [0.05, 0.1) is 12.6 Å². The second-order valence-corrected chi connectivity index (χ2v) is 7.18. The van der Waals surface area contributed by atoms with Gasteiger partial charge in [-0.05, 0) is 24.0 Å². The average molecular weight is 390 g/mol. The summed E-state index contributed by atoms with van der Waals surface area (Å²) in [6.07, 6.45) is 1.62. The van der Waals surface area contributed by atoms with Gasteiger partial charge < -0.3 is 5.73 Å². The normalized spacial score (nSPS) is 13.6. The Morgan fingerprint density at radius 1 is 1.03 bits per heavy atom. The number of rotatable bonds is 7. The van der Waals surface area contributed by atoms with Crippen LogP contribution in [0.15, 0.2) is 70.3 Å². The minimum Gasteiger partial charge on any atom is -0.384 e. The molecule has 0 aliphatic heterocycles. The highest BCUT2D eigenvalue weighted by atomic mass is 16.2. The molecule has 4 rings (SSSR count). The van der Waals surface area contributed by atoms with E-state index in [0.717, 1.165) is 24.0 Å². The monoisotopic (exact) mass is 390 g/mol. The van der Waals surface area contributed by atoms with Gasteiger partial charge in [0.1, 0.15) is 11.4 Å². The second-order valence-electron chi connectivity index (χ2n) is 7.18. The summed E-state index contributed by atoms with van der Waals surface area (Å²) in [6.45, 7) is -0.0927. The van der Waals surface area contributed by atoms with Crippen molar-refractivity contribution in [2.75, 3.05) is 12.3 Å². The lowest BCUT2D eigenvalue weighted by atomic mass is 9.98. The first-order chi connectivity index (χ1) is 14.1. The lowest BCUT2D eigenvalue weighted by Gasteiger charge is -2.20. The predicted molar refractivity (Wildman–Crippen MR) is 111 cm³/mol. The molecular weight excluding hydrogens is 368 g/mol. The zero-order chi connectivity index (χ0) is 20.4. The Hall–Kier alpha value is -3.45. The number of nitrogen functional groups attached to an aromatic ring is 1. The van der Waals surface area contributed by atoms with Crippen LogP contribution in [-0.4, -0.2) is 21.9 Å². The van der Waals surface area contributed by atoms with Crippen molar-refractivity contribution in [3.63, 3.8) is 0 Å². The molecule has 148 valence electrons. The maximum Gasteiger partial charge on any atom is 0.330 e. The summed E-state index contributed by atoms with van der Waals surface area (Å²) in [5.74, 6) is -0.501. The van der Waals surface area contributed by atoms with Crippen LogP contribution in [0.5, 0.6) is 0 Å². The van der Waals surface area contributed by atoms with Crippen molar-refractivity contribution in [3.05, 3.63) is 98.2 Å². The van der Waals surface area contributed by atoms with E-state index in [0.29, 0.717) is 0 Å². The summed E-state index contributed by atoms with van der Waals surface area (Å²) < 4.78 is 1.32. The van der Waals surface area contributed by atoms with Crippen LogP contribution in [0, 0.1) is 0 Å². The number of carbonyl (C=O) groups excluding carboxylic acids is 1. The molecule has 1 aliphatic rings. The van der Waals surface area contributed by atoms with Gasteiger partial charge in [-0.25, -0.2) is 4.79 Å². The molecule has 0 radical (unpaired) electrons. The number of aromatic amines is 1. The molecule has 3 aromatic rings. The van der Waals surface area contributed by atoms with Crippen molar-refractivity contribution < 1.29 is 4.79 Å². The van der Waals surface area contributed by atoms with Crippen LogP contribution in [0.4, 0.5) is 5.82 Å².